The van der Waals surface area contributed by atoms with Gasteiger partial charge in [-0.05, 0) is 12.0 Å². The summed E-state index contributed by atoms with van der Waals surface area (Å²) in [5, 5.41) is 2.98. The van der Waals surface area contributed by atoms with Crippen LogP contribution in [0.3, 0.4) is 0 Å². The van der Waals surface area contributed by atoms with E-state index in [9.17, 15) is 0 Å². The van der Waals surface area contributed by atoms with E-state index in [0.717, 1.165) is 30.9 Å². The van der Waals surface area contributed by atoms with Crippen LogP contribution in [0.5, 0.6) is 0 Å². The third-order valence-corrected chi connectivity index (χ3v) is 2.74. The first-order valence-electron chi connectivity index (χ1n) is 6.08. The molecule has 1 heterocycles. The third kappa shape index (κ3) is 4.43. The van der Waals surface area contributed by atoms with Gasteiger partial charge in [-0.1, -0.05) is 26.7 Å². The first-order chi connectivity index (χ1) is 8.31. The molecular weight excluding hydrogens is 214 g/mol. The van der Waals surface area contributed by atoms with Crippen LogP contribution in [0, 0.1) is 5.92 Å². The van der Waals surface area contributed by atoms with Crippen molar-refractivity contribution in [3.8, 4) is 0 Å². The van der Waals surface area contributed by atoms with Crippen molar-refractivity contribution in [1.29, 1.82) is 0 Å². The van der Waals surface area contributed by atoms with Crippen LogP contribution in [0.25, 0.3) is 5.76 Å². The Kier molecular flexibility index (Phi) is 6.07. The molecule has 0 aromatic carbocycles. The summed E-state index contributed by atoms with van der Waals surface area (Å²) >= 11 is 0. The van der Waals surface area contributed by atoms with Crippen LogP contribution in [0.15, 0.2) is 24.8 Å². The first kappa shape index (κ1) is 13.5. The van der Waals surface area contributed by atoms with Crippen molar-refractivity contribution >= 4 is 5.76 Å². The number of ether oxygens (including phenoxy) is 1. The molecule has 1 N–H and O–H groups in total. The standard InChI is InChI=1S/C13H21N3O/c1-4-11(5-2)9-17-13(8-14-3)12-6-7-15-10-16-12/h6-8,10-11,14H,4-5,9H2,1-3H3/b13-8-. The van der Waals surface area contributed by atoms with Gasteiger partial charge in [-0.2, -0.15) is 0 Å². The summed E-state index contributed by atoms with van der Waals surface area (Å²) in [6.07, 6.45) is 7.33. The molecule has 1 rings (SSSR count). The Labute approximate surface area is 103 Å². The molecular formula is C13H21N3O. The second-order valence-electron chi connectivity index (χ2n) is 3.89. The van der Waals surface area contributed by atoms with E-state index in [4.69, 9.17) is 4.74 Å². The van der Waals surface area contributed by atoms with E-state index >= 15 is 0 Å². The van der Waals surface area contributed by atoms with Crippen molar-refractivity contribution in [2.45, 2.75) is 26.7 Å². The molecule has 0 unspecified atom stereocenters. The fourth-order valence-corrected chi connectivity index (χ4v) is 1.49. The zero-order chi connectivity index (χ0) is 12.5. The highest BCUT2D eigenvalue weighted by Crippen LogP contribution is 2.15. The van der Waals surface area contributed by atoms with E-state index in [1.807, 2.05) is 19.3 Å². The molecule has 0 bridgehead atoms. The maximum Gasteiger partial charge on any atom is 0.160 e. The SMILES string of the molecule is CCC(CC)CO/C(=C\NC)c1ccncn1. The molecule has 4 heteroatoms. The number of nitrogens with zero attached hydrogens (tertiary/aromatic N) is 2. The van der Waals surface area contributed by atoms with Gasteiger partial charge in [-0.15, -0.1) is 0 Å². The molecule has 0 aliphatic carbocycles. The molecule has 94 valence electrons. The molecule has 0 saturated carbocycles. The van der Waals surface area contributed by atoms with Gasteiger partial charge in [0.2, 0.25) is 0 Å². The molecule has 0 aliphatic rings. The summed E-state index contributed by atoms with van der Waals surface area (Å²) in [7, 11) is 1.85. The van der Waals surface area contributed by atoms with Gasteiger partial charge < -0.3 is 10.1 Å². The van der Waals surface area contributed by atoms with Crippen molar-refractivity contribution in [2.24, 2.45) is 5.92 Å². The van der Waals surface area contributed by atoms with Gasteiger partial charge in [0.05, 0.1) is 6.61 Å². The average molecular weight is 235 g/mol. The van der Waals surface area contributed by atoms with Gasteiger partial charge in [0.15, 0.2) is 5.76 Å². The molecule has 0 radical (unpaired) electrons. The summed E-state index contributed by atoms with van der Waals surface area (Å²) in [6, 6.07) is 1.84. The predicted octanol–water partition coefficient (Wildman–Crippen LogP) is 2.45. The van der Waals surface area contributed by atoms with E-state index < -0.39 is 0 Å². The normalized spacial score (nSPS) is 11.6. The highest BCUT2D eigenvalue weighted by atomic mass is 16.5. The van der Waals surface area contributed by atoms with Gasteiger partial charge >= 0.3 is 0 Å². The Morgan fingerprint density at radius 3 is 2.76 bits per heavy atom. The van der Waals surface area contributed by atoms with Gasteiger partial charge in [-0.25, -0.2) is 9.97 Å². The van der Waals surface area contributed by atoms with E-state index in [-0.39, 0.29) is 0 Å². The van der Waals surface area contributed by atoms with Gasteiger partial charge in [0.25, 0.3) is 0 Å². The lowest BCUT2D eigenvalue weighted by Crippen LogP contribution is -2.09. The summed E-state index contributed by atoms with van der Waals surface area (Å²) in [5.41, 5.74) is 0.806. The van der Waals surface area contributed by atoms with Crippen LogP contribution in [0.1, 0.15) is 32.4 Å². The molecule has 1 aromatic heterocycles. The molecule has 0 atom stereocenters. The molecule has 0 fully saturated rings. The number of hydrogen-bond acceptors (Lipinski definition) is 4. The van der Waals surface area contributed by atoms with Gasteiger partial charge in [-0.3, -0.25) is 0 Å². The largest absolute Gasteiger partial charge is 0.490 e. The van der Waals surface area contributed by atoms with Gasteiger partial charge in [0.1, 0.15) is 12.0 Å². The van der Waals surface area contributed by atoms with Crippen molar-refractivity contribution in [1.82, 2.24) is 15.3 Å². The van der Waals surface area contributed by atoms with Crippen LogP contribution in [-0.2, 0) is 4.74 Å². The van der Waals surface area contributed by atoms with Crippen LogP contribution in [0.4, 0.5) is 0 Å². The minimum absolute atomic E-state index is 0.595. The fourth-order valence-electron chi connectivity index (χ4n) is 1.49. The highest BCUT2D eigenvalue weighted by Gasteiger charge is 2.08. The number of hydrogen-bond donors (Lipinski definition) is 1. The predicted molar refractivity (Wildman–Crippen MR) is 69.1 cm³/mol. The molecule has 0 saturated heterocycles. The minimum atomic E-state index is 0.595. The topological polar surface area (TPSA) is 47.0 Å². The zero-order valence-electron chi connectivity index (χ0n) is 10.8. The second kappa shape index (κ2) is 7.65. The smallest absolute Gasteiger partial charge is 0.160 e. The molecule has 1 aromatic rings. The van der Waals surface area contributed by atoms with E-state index in [0.29, 0.717) is 5.92 Å². The highest BCUT2D eigenvalue weighted by molar-refractivity contribution is 5.54. The second-order valence-corrected chi connectivity index (χ2v) is 3.89. The first-order valence-corrected chi connectivity index (χ1v) is 6.08. The molecule has 17 heavy (non-hydrogen) atoms. The Bertz CT molecular complexity index is 334. The van der Waals surface area contributed by atoms with Crippen LogP contribution in [-0.4, -0.2) is 23.6 Å². The van der Waals surface area contributed by atoms with E-state index in [1.54, 1.807) is 6.20 Å². The van der Waals surface area contributed by atoms with E-state index in [1.165, 1.54) is 6.33 Å². The summed E-state index contributed by atoms with van der Waals surface area (Å²) in [6.45, 7) is 5.10. The number of nitrogens with one attached hydrogen (secondary N) is 1. The third-order valence-electron chi connectivity index (χ3n) is 2.74. The monoisotopic (exact) mass is 235 g/mol. The maximum atomic E-state index is 5.82. The van der Waals surface area contributed by atoms with Crippen molar-refractivity contribution in [3.63, 3.8) is 0 Å². The van der Waals surface area contributed by atoms with E-state index in [2.05, 4.69) is 29.1 Å². The summed E-state index contributed by atoms with van der Waals surface area (Å²) < 4.78 is 5.82. The Morgan fingerprint density at radius 1 is 1.47 bits per heavy atom. The van der Waals surface area contributed by atoms with Crippen molar-refractivity contribution < 1.29 is 4.74 Å². The molecule has 0 aliphatic heterocycles. The van der Waals surface area contributed by atoms with Crippen LogP contribution >= 0.6 is 0 Å². The average Bonchev–Trinajstić information content (AvgIpc) is 2.39. The summed E-state index contributed by atoms with van der Waals surface area (Å²) in [5.74, 6) is 1.36. The Morgan fingerprint density at radius 2 is 2.24 bits per heavy atom. The molecule has 4 nitrogen and oxygen atoms in total. The molecule has 0 spiro atoms. The Balaban J connectivity index is 2.65. The summed E-state index contributed by atoms with van der Waals surface area (Å²) in [4.78, 5) is 8.08. The quantitative estimate of drug-likeness (QED) is 0.737. The maximum absolute atomic E-state index is 5.82. The van der Waals surface area contributed by atoms with Gasteiger partial charge in [0, 0.05) is 19.4 Å². The van der Waals surface area contributed by atoms with Crippen LogP contribution in [0.2, 0.25) is 0 Å². The number of rotatable bonds is 7. The lowest BCUT2D eigenvalue weighted by Gasteiger charge is -2.15. The fraction of sp³-hybridized carbons (Fsp3) is 0.538. The lowest BCUT2D eigenvalue weighted by molar-refractivity contribution is 0.207. The van der Waals surface area contributed by atoms with Crippen molar-refractivity contribution in [2.75, 3.05) is 13.7 Å². The zero-order valence-corrected chi connectivity index (χ0v) is 10.8. The van der Waals surface area contributed by atoms with Crippen molar-refractivity contribution in [3.05, 3.63) is 30.5 Å². The minimum Gasteiger partial charge on any atom is -0.490 e. The number of aromatic nitrogens is 2. The lowest BCUT2D eigenvalue weighted by atomic mass is 10.1. The Hall–Kier alpha value is -1.58. The molecule has 0 amide bonds. The van der Waals surface area contributed by atoms with Crippen LogP contribution < -0.4 is 5.32 Å².